The van der Waals surface area contributed by atoms with E-state index >= 15 is 0 Å². The number of aliphatic hydroxyl groups excluding tert-OH is 1. The third-order valence-electron chi connectivity index (χ3n) is 2.57. The number of carbonyl (C=O) groups excluding carboxylic acids is 1. The highest BCUT2D eigenvalue weighted by Gasteiger charge is 2.11. The summed E-state index contributed by atoms with van der Waals surface area (Å²) in [5.41, 5.74) is 0.487. The molecule has 0 aliphatic carbocycles. The van der Waals surface area contributed by atoms with Gasteiger partial charge in [-0.15, -0.1) is 0 Å². The van der Waals surface area contributed by atoms with Crippen LogP contribution in [0.25, 0.3) is 0 Å². The van der Waals surface area contributed by atoms with Crippen LogP contribution in [0, 0.1) is 0 Å². The minimum atomic E-state index is -0.150. The van der Waals surface area contributed by atoms with E-state index in [0.29, 0.717) is 17.1 Å². The Labute approximate surface area is 121 Å². The first-order valence-corrected chi connectivity index (χ1v) is 7.17. The summed E-state index contributed by atoms with van der Waals surface area (Å²) in [6.45, 7) is 0.868. The molecule has 2 N–H and O–H groups in total. The average molecular weight is 335 g/mol. The summed E-state index contributed by atoms with van der Waals surface area (Å²) in [6, 6.07) is 5.29. The predicted octanol–water partition coefficient (Wildman–Crippen LogP) is 3.39. The molecule has 1 aromatic rings. The van der Waals surface area contributed by atoms with Crippen LogP contribution in [0.1, 0.15) is 36.0 Å². The Kier molecular flexibility index (Phi) is 7.32. The van der Waals surface area contributed by atoms with Crippen molar-refractivity contribution in [1.29, 1.82) is 0 Å². The fraction of sp³-hybridized carbons (Fsp3) is 0.462. The highest BCUT2D eigenvalue weighted by molar-refractivity contribution is 9.10. The molecule has 0 saturated carbocycles. The third-order valence-corrected chi connectivity index (χ3v) is 3.86. The van der Waals surface area contributed by atoms with Gasteiger partial charge in [0.25, 0.3) is 5.91 Å². The van der Waals surface area contributed by atoms with Gasteiger partial charge in [-0.3, -0.25) is 4.79 Å². The smallest absolute Gasteiger partial charge is 0.252 e. The van der Waals surface area contributed by atoms with E-state index in [1.54, 1.807) is 18.2 Å². The summed E-state index contributed by atoms with van der Waals surface area (Å²) in [5, 5.41) is 11.9. The zero-order valence-corrected chi connectivity index (χ0v) is 12.4. The van der Waals surface area contributed by atoms with Gasteiger partial charge >= 0.3 is 0 Å². The van der Waals surface area contributed by atoms with Crippen molar-refractivity contribution in [3.05, 3.63) is 33.3 Å². The van der Waals surface area contributed by atoms with Gasteiger partial charge in [0.1, 0.15) is 0 Å². The first-order chi connectivity index (χ1) is 8.66. The van der Waals surface area contributed by atoms with Crippen LogP contribution in [0.15, 0.2) is 22.7 Å². The van der Waals surface area contributed by atoms with Gasteiger partial charge in [0.15, 0.2) is 0 Å². The van der Waals surface area contributed by atoms with Crippen LogP contribution < -0.4 is 5.32 Å². The van der Waals surface area contributed by atoms with Gasteiger partial charge in [-0.25, -0.2) is 0 Å². The van der Waals surface area contributed by atoms with Crippen LogP contribution in [0.2, 0.25) is 5.02 Å². The molecule has 0 unspecified atom stereocenters. The Morgan fingerprint density at radius 1 is 1.28 bits per heavy atom. The van der Waals surface area contributed by atoms with Crippen molar-refractivity contribution in [2.24, 2.45) is 0 Å². The minimum absolute atomic E-state index is 0.150. The SMILES string of the molecule is O=C(NCCCCCCO)c1cccc(Br)c1Cl. The first kappa shape index (κ1) is 15.5. The first-order valence-electron chi connectivity index (χ1n) is 6.00. The lowest BCUT2D eigenvalue weighted by Gasteiger charge is -2.07. The molecule has 0 radical (unpaired) electrons. The standard InChI is InChI=1S/C13H17BrClNO2/c14-11-7-5-6-10(12(11)15)13(18)16-8-3-1-2-4-9-17/h5-7,17H,1-4,8-9H2,(H,16,18). The molecule has 0 spiro atoms. The molecule has 18 heavy (non-hydrogen) atoms. The minimum Gasteiger partial charge on any atom is -0.396 e. The topological polar surface area (TPSA) is 49.3 Å². The zero-order chi connectivity index (χ0) is 13.4. The fourth-order valence-electron chi connectivity index (χ4n) is 1.57. The summed E-state index contributed by atoms with van der Waals surface area (Å²) in [6.07, 6.45) is 3.74. The molecule has 0 fully saturated rings. The fourth-order valence-corrected chi connectivity index (χ4v) is 2.14. The van der Waals surface area contributed by atoms with E-state index in [4.69, 9.17) is 16.7 Å². The summed E-state index contributed by atoms with van der Waals surface area (Å²) in [4.78, 5) is 11.9. The average Bonchev–Trinajstić information content (AvgIpc) is 2.36. The monoisotopic (exact) mass is 333 g/mol. The molecule has 1 rings (SSSR count). The van der Waals surface area contributed by atoms with Gasteiger partial charge in [-0.2, -0.15) is 0 Å². The number of amides is 1. The summed E-state index contributed by atoms with van der Waals surface area (Å²) in [7, 11) is 0. The van der Waals surface area contributed by atoms with Crippen molar-refractivity contribution in [2.45, 2.75) is 25.7 Å². The van der Waals surface area contributed by atoms with Crippen molar-refractivity contribution >= 4 is 33.4 Å². The number of unbranched alkanes of at least 4 members (excludes halogenated alkanes) is 3. The van der Waals surface area contributed by atoms with Crippen LogP contribution in [0.3, 0.4) is 0 Å². The number of nitrogens with one attached hydrogen (secondary N) is 1. The normalized spacial score (nSPS) is 10.4. The lowest BCUT2D eigenvalue weighted by molar-refractivity contribution is 0.0953. The van der Waals surface area contributed by atoms with Crippen molar-refractivity contribution in [2.75, 3.05) is 13.2 Å². The van der Waals surface area contributed by atoms with Crippen molar-refractivity contribution in [1.82, 2.24) is 5.32 Å². The number of aliphatic hydroxyl groups is 1. The second-order valence-corrected chi connectivity index (χ2v) is 5.23. The maximum atomic E-state index is 11.9. The molecule has 1 amide bonds. The molecule has 0 saturated heterocycles. The molecule has 0 atom stereocenters. The Morgan fingerprint density at radius 2 is 2.00 bits per heavy atom. The molecule has 0 bridgehead atoms. The molecule has 3 nitrogen and oxygen atoms in total. The van der Waals surface area contributed by atoms with Gasteiger partial charge in [0.2, 0.25) is 0 Å². The molecule has 0 aliphatic heterocycles. The van der Waals surface area contributed by atoms with E-state index in [0.717, 1.165) is 30.2 Å². The van der Waals surface area contributed by atoms with Gasteiger partial charge in [0, 0.05) is 17.6 Å². The quantitative estimate of drug-likeness (QED) is 0.751. The van der Waals surface area contributed by atoms with E-state index < -0.39 is 0 Å². The number of hydrogen-bond acceptors (Lipinski definition) is 2. The van der Waals surface area contributed by atoms with Gasteiger partial charge in [-0.1, -0.05) is 30.5 Å². The lowest BCUT2D eigenvalue weighted by atomic mass is 10.2. The molecule has 1 aromatic carbocycles. The van der Waals surface area contributed by atoms with E-state index in [1.807, 2.05) is 0 Å². The second-order valence-electron chi connectivity index (χ2n) is 4.00. The summed E-state index contributed by atoms with van der Waals surface area (Å²) >= 11 is 9.32. The highest BCUT2D eigenvalue weighted by Crippen LogP contribution is 2.25. The van der Waals surface area contributed by atoms with Crippen LogP contribution in [0.5, 0.6) is 0 Å². The number of carbonyl (C=O) groups is 1. The number of benzene rings is 1. The van der Waals surface area contributed by atoms with Gasteiger partial charge in [0.05, 0.1) is 10.6 Å². The lowest BCUT2D eigenvalue weighted by Crippen LogP contribution is -2.24. The van der Waals surface area contributed by atoms with Crippen LogP contribution >= 0.6 is 27.5 Å². The number of hydrogen-bond donors (Lipinski definition) is 2. The summed E-state index contributed by atoms with van der Waals surface area (Å²) < 4.78 is 0.722. The second kappa shape index (κ2) is 8.51. The van der Waals surface area contributed by atoms with Crippen LogP contribution in [0.4, 0.5) is 0 Å². The molecule has 5 heteroatoms. The zero-order valence-electron chi connectivity index (χ0n) is 10.1. The van der Waals surface area contributed by atoms with E-state index in [9.17, 15) is 4.79 Å². The van der Waals surface area contributed by atoms with E-state index in [2.05, 4.69) is 21.2 Å². The molecule has 0 aromatic heterocycles. The Morgan fingerprint density at radius 3 is 2.72 bits per heavy atom. The number of rotatable bonds is 7. The summed E-state index contributed by atoms with van der Waals surface area (Å²) in [5.74, 6) is -0.150. The molecular weight excluding hydrogens is 318 g/mol. The van der Waals surface area contributed by atoms with E-state index in [1.165, 1.54) is 0 Å². The van der Waals surface area contributed by atoms with Crippen molar-refractivity contribution in [3.8, 4) is 0 Å². The van der Waals surface area contributed by atoms with Crippen LogP contribution in [-0.4, -0.2) is 24.2 Å². The maximum Gasteiger partial charge on any atom is 0.252 e. The highest BCUT2D eigenvalue weighted by atomic mass is 79.9. The Balaban J connectivity index is 2.35. The Hall–Kier alpha value is -0.580. The Bertz CT molecular complexity index is 399. The third kappa shape index (κ3) is 4.96. The molecular formula is C13H17BrClNO2. The van der Waals surface area contributed by atoms with E-state index in [-0.39, 0.29) is 12.5 Å². The van der Waals surface area contributed by atoms with Crippen LogP contribution in [-0.2, 0) is 0 Å². The molecule has 100 valence electrons. The van der Waals surface area contributed by atoms with Crippen molar-refractivity contribution in [3.63, 3.8) is 0 Å². The molecule has 0 heterocycles. The maximum absolute atomic E-state index is 11.9. The number of halogens is 2. The molecule has 0 aliphatic rings. The van der Waals surface area contributed by atoms with Gasteiger partial charge in [-0.05, 0) is 40.9 Å². The predicted molar refractivity (Wildman–Crippen MR) is 77.0 cm³/mol. The van der Waals surface area contributed by atoms with Gasteiger partial charge < -0.3 is 10.4 Å². The van der Waals surface area contributed by atoms with Crippen molar-refractivity contribution < 1.29 is 9.90 Å². The largest absolute Gasteiger partial charge is 0.396 e.